The summed E-state index contributed by atoms with van der Waals surface area (Å²) in [6, 6.07) is 5.03. The molecule has 0 saturated heterocycles. The normalized spacial score (nSPS) is 10.8. The summed E-state index contributed by atoms with van der Waals surface area (Å²) in [5, 5.41) is 18.7. The minimum Gasteiger partial charge on any atom is -1.00 e. The van der Waals surface area contributed by atoms with Crippen molar-refractivity contribution in [3.63, 3.8) is 0 Å². The maximum absolute atomic E-state index is 9.50. The summed E-state index contributed by atoms with van der Waals surface area (Å²) in [4.78, 5) is 0. The molecule has 0 fully saturated rings. The first-order valence-corrected chi connectivity index (χ1v) is 4.20. The number of para-hydroxylation sites is 1. The van der Waals surface area contributed by atoms with E-state index in [4.69, 9.17) is 0 Å². The largest absolute Gasteiger partial charge is 1.00 e. The van der Waals surface area contributed by atoms with Gasteiger partial charge in [-0.1, -0.05) is 6.07 Å². The Hall–Kier alpha value is -0.490. The van der Waals surface area contributed by atoms with Crippen molar-refractivity contribution in [1.82, 2.24) is 0 Å². The molecule has 14 heavy (non-hydrogen) atoms. The van der Waals surface area contributed by atoms with Crippen LogP contribution < -0.4 is 24.0 Å². The van der Waals surface area contributed by atoms with Gasteiger partial charge >= 0.3 is 0 Å². The zero-order valence-electron chi connectivity index (χ0n) is 8.66. The molecule has 3 nitrogen and oxygen atoms in total. The van der Waals surface area contributed by atoms with Crippen LogP contribution in [-0.2, 0) is 6.54 Å². The minimum absolute atomic E-state index is 0. The van der Waals surface area contributed by atoms with Crippen LogP contribution in [0.3, 0.4) is 0 Å². The van der Waals surface area contributed by atoms with Crippen molar-refractivity contribution in [3.05, 3.63) is 23.8 Å². The number of phenolic OH excluding ortho intramolecular Hbond substituents is 2. The van der Waals surface area contributed by atoms with Crippen LogP contribution in [0.5, 0.6) is 11.5 Å². The van der Waals surface area contributed by atoms with Gasteiger partial charge in [0, 0.05) is 0 Å². The molecular weight excluding hydrogens is 293 g/mol. The highest BCUT2D eigenvalue weighted by Crippen LogP contribution is 2.29. The van der Waals surface area contributed by atoms with Crippen LogP contribution in [0.15, 0.2) is 18.2 Å². The van der Waals surface area contributed by atoms with Crippen LogP contribution in [0, 0.1) is 0 Å². The average Bonchev–Trinajstić information content (AvgIpc) is 1.96. The lowest BCUT2D eigenvalue weighted by atomic mass is 10.1. The van der Waals surface area contributed by atoms with E-state index in [0.29, 0.717) is 6.54 Å². The molecule has 0 amide bonds. The summed E-state index contributed by atoms with van der Waals surface area (Å²) >= 11 is 0. The Morgan fingerprint density at radius 2 is 1.71 bits per heavy atom. The van der Waals surface area contributed by atoms with Gasteiger partial charge in [-0.3, -0.25) is 0 Å². The average molecular weight is 309 g/mol. The third kappa shape index (κ3) is 3.71. The topological polar surface area (TPSA) is 40.5 Å². The zero-order chi connectivity index (χ0) is 10.1. The van der Waals surface area contributed by atoms with Crippen LogP contribution in [0.1, 0.15) is 5.56 Å². The third-order valence-electron chi connectivity index (χ3n) is 1.74. The molecule has 4 heteroatoms. The van der Waals surface area contributed by atoms with Gasteiger partial charge in [0.25, 0.3) is 0 Å². The van der Waals surface area contributed by atoms with E-state index in [9.17, 15) is 10.2 Å². The summed E-state index contributed by atoms with van der Waals surface area (Å²) in [7, 11) is 6.09. The molecule has 2 N–H and O–H groups in total. The molecule has 0 radical (unpaired) electrons. The van der Waals surface area contributed by atoms with Gasteiger partial charge in [0.05, 0.1) is 26.7 Å². The van der Waals surface area contributed by atoms with Gasteiger partial charge in [0.2, 0.25) is 0 Å². The highest BCUT2D eigenvalue weighted by molar-refractivity contribution is 5.43. The molecule has 0 spiro atoms. The van der Waals surface area contributed by atoms with Crippen molar-refractivity contribution < 1.29 is 38.7 Å². The fourth-order valence-corrected chi connectivity index (χ4v) is 1.22. The highest BCUT2D eigenvalue weighted by Gasteiger charge is 2.13. The third-order valence-corrected chi connectivity index (χ3v) is 1.74. The van der Waals surface area contributed by atoms with E-state index in [1.54, 1.807) is 6.07 Å². The SMILES string of the molecule is C[N+](C)(C)Cc1cccc(O)c1O.[I-]. The van der Waals surface area contributed by atoms with Crippen molar-refractivity contribution in [2.45, 2.75) is 6.54 Å². The van der Waals surface area contributed by atoms with Gasteiger partial charge in [0.15, 0.2) is 11.5 Å². The Bertz CT molecular complexity index is 307. The van der Waals surface area contributed by atoms with Gasteiger partial charge in [-0.2, -0.15) is 0 Å². The Kier molecular flexibility index (Phi) is 4.67. The van der Waals surface area contributed by atoms with Crippen LogP contribution >= 0.6 is 0 Å². The smallest absolute Gasteiger partial charge is 0.166 e. The van der Waals surface area contributed by atoms with Crippen LogP contribution in [0.2, 0.25) is 0 Å². The van der Waals surface area contributed by atoms with Crippen molar-refractivity contribution in [3.8, 4) is 11.5 Å². The number of hydrogen-bond acceptors (Lipinski definition) is 2. The second-order valence-corrected chi connectivity index (χ2v) is 4.23. The summed E-state index contributed by atoms with van der Waals surface area (Å²) in [6.07, 6.45) is 0. The maximum Gasteiger partial charge on any atom is 0.166 e. The molecule has 0 unspecified atom stereocenters. The number of hydrogen-bond donors (Lipinski definition) is 2. The number of rotatable bonds is 2. The van der Waals surface area contributed by atoms with Gasteiger partial charge in [-0.25, -0.2) is 0 Å². The first-order chi connectivity index (χ1) is 5.90. The first-order valence-electron chi connectivity index (χ1n) is 4.20. The van der Waals surface area contributed by atoms with Gasteiger partial charge in [-0.15, -0.1) is 0 Å². The summed E-state index contributed by atoms with van der Waals surface area (Å²) < 4.78 is 0.719. The molecular formula is C10H16INO2. The Morgan fingerprint density at radius 1 is 1.14 bits per heavy atom. The second kappa shape index (κ2) is 4.84. The number of nitrogens with zero attached hydrogens (tertiary/aromatic N) is 1. The van der Waals surface area contributed by atoms with Crippen molar-refractivity contribution >= 4 is 0 Å². The lowest BCUT2D eigenvalue weighted by molar-refractivity contribution is -0.884. The number of aromatic hydroxyl groups is 2. The minimum atomic E-state index is -0.0500. The van der Waals surface area contributed by atoms with Crippen molar-refractivity contribution in [2.75, 3.05) is 21.1 Å². The number of phenols is 2. The maximum atomic E-state index is 9.50. The summed E-state index contributed by atoms with van der Waals surface area (Å²) in [6.45, 7) is 0.695. The molecule has 0 aromatic heterocycles. The van der Waals surface area contributed by atoms with E-state index in [1.807, 2.05) is 27.2 Å². The molecule has 0 atom stereocenters. The Morgan fingerprint density at radius 3 is 2.21 bits per heavy atom. The number of halogens is 1. The van der Waals surface area contributed by atoms with Crippen molar-refractivity contribution in [1.29, 1.82) is 0 Å². The standard InChI is InChI=1S/C10H15NO2.HI/c1-11(2,3)7-8-5-4-6-9(12)10(8)13;/h4-6H,7H2,1-3H3,(H-,12,13);1H. The molecule has 0 aliphatic carbocycles. The highest BCUT2D eigenvalue weighted by atomic mass is 127. The van der Waals surface area contributed by atoms with Crippen molar-refractivity contribution in [2.24, 2.45) is 0 Å². The zero-order valence-corrected chi connectivity index (χ0v) is 10.8. The Labute approximate surface area is 102 Å². The van der Waals surface area contributed by atoms with E-state index in [2.05, 4.69) is 0 Å². The monoisotopic (exact) mass is 309 g/mol. The van der Waals surface area contributed by atoms with Crippen LogP contribution in [0.4, 0.5) is 0 Å². The second-order valence-electron chi connectivity index (χ2n) is 4.23. The fourth-order valence-electron chi connectivity index (χ4n) is 1.22. The molecule has 1 aromatic carbocycles. The quantitative estimate of drug-likeness (QED) is 0.389. The summed E-state index contributed by atoms with van der Waals surface area (Å²) in [5.74, 6) is -0.0542. The lowest BCUT2D eigenvalue weighted by Gasteiger charge is -2.24. The molecule has 0 saturated carbocycles. The number of benzene rings is 1. The Balaban J connectivity index is 0.00000169. The van der Waals surface area contributed by atoms with Crippen LogP contribution in [0.25, 0.3) is 0 Å². The fraction of sp³-hybridized carbons (Fsp3) is 0.400. The van der Waals surface area contributed by atoms with E-state index < -0.39 is 0 Å². The van der Waals surface area contributed by atoms with E-state index in [-0.39, 0.29) is 35.5 Å². The molecule has 0 bridgehead atoms. The van der Waals surface area contributed by atoms with E-state index in [0.717, 1.165) is 10.0 Å². The van der Waals surface area contributed by atoms with Gasteiger partial charge in [-0.05, 0) is 12.1 Å². The molecule has 0 heterocycles. The van der Waals surface area contributed by atoms with Gasteiger partial charge < -0.3 is 38.7 Å². The predicted octanol–water partition coefficient (Wildman–Crippen LogP) is -1.69. The molecule has 1 aromatic rings. The summed E-state index contributed by atoms with van der Waals surface area (Å²) in [5.41, 5.74) is 0.771. The predicted molar refractivity (Wildman–Crippen MR) is 51.5 cm³/mol. The van der Waals surface area contributed by atoms with Gasteiger partial charge in [0.1, 0.15) is 6.54 Å². The van der Waals surface area contributed by atoms with E-state index in [1.165, 1.54) is 6.07 Å². The van der Waals surface area contributed by atoms with Crippen LogP contribution in [-0.4, -0.2) is 35.8 Å². The van der Waals surface area contributed by atoms with E-state index >= 15 is 0 Å². The molecule has 0 aliphatic rings. The first kappa shape index (κ1) is 13.5. The molecule has 0 aliphatic heterocycles. The number of quaternary nitrogens is 1. The lowest BCUT2D eigenvalue weighted by Crippen LogP contribution is -3.00. The molecule has 1 rings (SSSR count). The molecule has 80 valence electrons.